The van der Waals surface area contributed by atoms with Crippen LogP contribution in [0, 0.1) is 27.4 Å². The first-order chi connectivity index (χ1) is 12.0. The minimum absolute atomic E-state index is 0.201. The van der Waals surface area contributed by atoms with Crippen LogP contribution in [0.5, 0.6) is 0 Å². The van der Waals surface area contributed by atoms with Crippen LogP contribution in [0.15, 0.2) is 16.6 Å². The molecule has 1 aliphatic rings. The SMILES string of the molecule is CC(C)(C)OC(=O)C1CCc2cc(Br)c([N+](=O)[O-])cc2N(CC#N)C1=O. The summed E-state index contributed by atoms with van der Waals surface area (Å²) in [5, 5.41) is 20.3. The van der Waals surface area contributed by atoms with Crippen molar-refractivity contribution in [2.45, 2.75) is 39.2 Å². The molecule has 1 amide bonds. The first-order valence-corrected chi connectivity index (χ1v) is 8.72. The normalized spacial score (nSPS) is 17.1. The summed E-state index contributed by atoms with van der Waals surface area (Å²) in [6.07, 6.45) is 0.552. The number of esters is 1. The second kappa shape index (κ2) is 7.41. The Morgan fingerprint density at radius 1 is 1.50 bits per heavy atom. The van der Waals surface area contributed by atoms with Crippen LogP contribution >= 0.6 is 15.9 Å². The number of nitro groups is 1. The molecule has 0 aliphatic carbocycles. The van der Waals surface area contributed by atoms with Gasteiger partial charge in [-0.05, 0) is 61.2 Å². The van der Waals surface area contributed by atoms with Crippen molar-refractivity contribution in [2.75, 3.05) is 11.4 Å². The lowest BCUT2D eigenvalue weighted by Crippen LogP contribution is -2.41. The first-order valence-electron chi connectivity index (χ1n) is 7.93. The Balaban J connectivity index is 2.49. The van der Waals surface area contributed by atoms with E-state index in [1.165, 1.54) is 6.07 Å². The molecule has 8 nitrogen and oxygen atoms in total. The summed E-state index contributed by atoms with van der Waals surface area (Å²) in [7, 11) is 0. The van der Waals surface area contributed by atoms with E-state index < -0.39 is 28.3 Å². The molecule has 9 heteroatoms. The van der Waals surface area contributed by atoms with E-state index in [2.05, 4.69) is 15.9 Å². The molecule has 1 aliphatic heterocycles. The monoisotopic (exact) mass is 423 g/mol. The minimum Gasteiger partial charge on any atom is -0.459 e. The van der Waals surface area contributed by atoms with Gasteiger partial charge in [-0.3, -0.25) is 24.6 Å². The fraction of sp³-hybridized carbons (Fsp3) is 0.471. The molecule has 0 N–H and O–H groups in total. The number of nitro benzene ring substituents is 1. The van der Waals surface area contributed by atoms with Crippen LogP contribution in [0.25, 0.3) is 0 Å². The van der Waals surface area contributed by atoms with Crippen molar-refractivity contribution in [2.24, 2.45) is 5.92 Å². The average Bonchev–Trinajstić information content (AvgIpc) is 2.63. The highest BCUT2D eigenvalue weighted by Crippen LogP contribution is 2.37. The van der Waals surface area contributed by atoms with E-state index in [-0.39, 0.29) is 28.8 Å². The summed E-state index contributed by atoms with van der Waals surface area (Å²) in [6, 6.07) is 4.69. The van der Waals surface area contributed by atoms with Gasteiger partial charge in [0.2, 0.25) is 5.91 Å². The third kappa shape index (κ3) is 4.19. The molecule has 0 fully saturated rings. The quantitative estimate of drug-likeness (QED) is 0.242. The second-order valence-corrected chi connectivity index (χ2v) is 7.75. The summed E-state index contributed by atoms with van der Waals surface area (Å²) in [4.78, 5) is 37.1. The molecule has 138 valence electrons. The fourth-order valence-corrected chi connectivity index (χ4v) is 3.27. The van der Waals surface area contributed by atoms with Gasteiger partial charge in [0.25, 0.3) is 5.69 Å². The lowest BCUT2D eigenvalue weighted by Gasteiger charge is -2.25. The van der Waals surface area contributed by atoms with E-state index in [1.54, 1.807) is 26.8 Å². The predicted octanol–water partition coefficient (Wildman–Crippen LogP) is 3.12. The number of anilines is 1. The van der Waals surface area contributed by atoms with Crippen molar-refractivity contribution in [3.8, 4) is 6.07 Å². The molecule has 1 atom stereocenters. The first kappa shape index (κ1) is 19.8. The number of ether oxygens (including phenoxy) is 1. The van der Waals surface area contributed by atoms with Crippen molar-refractivity contribution < 1.29 is 19.2 Å². The Morgan fingerprint density at radius 2 is 2.15 bits per heavy atom. The Morgan fingerprint density at radius 3 is 2.69 bits per heavy atom. The number of rotatable bonds is 3. The van der Waals surface area contributed by atoms with Crippen molar-refractivity contribution in [1.82, 2.24) is 0 Å². The average molecular weight is 424 g/mol. The van der Waals surface area contributed by atoms with Crippen LogP contribution < -0.4 is 4.90 Å². The maximum absolute atomic E-state index is 12.9. The summed E-state index contributed by atoms with van der Waals surface area (Å²) in [5.41, 5.74) is -0.0388. The molecule has 0 bridgehead atoms. The Bertz CT molecular complexity index is 810. The number of hydrogen-bond donors (Lipinski definition) is 0. The van der Waals surface area contributed by atoms with Crippen molar-refractivity contribution >= 4 is 39.2 Å². The van der Waals surface area contributed by atoms with Gasteiger partial charge in [0.05, 0.1) is 21.2 Å². The molecular formula is C17H18BrN3O5. The lowest BCUT2D eigenvalue weighted by atomic mass is 10.00. The van der Waals surface area contributed by atoms with E-state index in [1.807, 2.05) is 6.07 Å². The largest absolute Gasteiger partial charge is 0.459 e. The van der Waals surface area contributed by atoms with Gasteiger partial charge in [-0.15, -0.1) is 0 Å². The van der Waals surface area contributed by atoms with Gasteiger partial charge in [-0.2, -0.15) is 5.26 Å². The van der Waals surface area contributed by atoms with Crippen LogP contribution in [-0.4, -0.2) is 28.9 Å². The number of hydrogen-bond acceptors (Lipinski definition) is 6. The topological polar surface area (TPSA) is 114 Å². The highest BCUT2D eigenvalue weighted by molar-refractivity contribution is 9.10. The van der Waals surface area contributed by atoms with Crippen LogP contribution in [0.1, 0.15) is 32.8 Å². The molecule has 0 radical (unpaired) electrons. The van der Waals surface area contributed by atoms with Crippen LogP contribution in [0.3, 0.4) is 0 Å². The summed E-state index contributed by atoms with van der Waals surface area (Å²) < 4.78 is 5.61. The number of carbonyl (C=O) groups excluding carboxylic acids is 2. The van der Waals surface area contributed by atoms with Gasteiger partial charge >= 0.3 is 5.97 Å². The number of fused-ring (bicyclic) bond motifs is 1. The summed E-state index contributed by atoms with van der Waals surface area (Å²) >= 11 is 3.16. The molecule has 0 saturated carbocycles. The lowest BCUT2D eigenvalue weighted by molar-refractivity contribution is -0.385. The maximum Gasteiger partial charge on any atom is 0.319 e. The third-order valence-electron chi connectivity index (χ3n) is 3.82. The highest BCUT2D eigenvalue weighted by atomic mass is 79.9. The second-order valence-electron chi connectivity index (χ2n) is 6.90. The molecule has 0 spiro atoms. The van der Waals surface area contributed by atoms with Crippen LogP contribution in [-0.2, 0) is 20.7 Å². The number of carbonyl (C=O) groups is 2. The molecular weight excluding hydrogens is 406 g/mol. The van der Waals surface area contributed by atoms with Crippen LogP contribution in [0.2, 0.25) is 0 Å². The standard InChI is InChI=1S/C17H18BrN3O5/c1-17(2,3)26-16(23)11-5-4-10-8-12(18)14(21(24)25)9-13(10)20(7-6-19)15(11)22/h8-9,11H,4-5,7H2,1-3H3. The van der Waals surface area contributed by atoms with Crippen LogP contribution in [0.4, 0.5) is 11.4 Å². The molecule has 0 saturated heterocycles. The molecule has 1 unspecified atom stereocenters. The maximum atomic E-state index is 12.9. The van der Waals surface area contributed by atoms with Crippen molar-refractivity contribution in [1.29, 1.82) is 5.26 Å². The molecule has 1 aromatic carbocycles. The number of amides is 1. The molecule has 0 aromatic heterocycles. The van der Waals surface area contributed by atoms with Gasteiger partial charge in [0.1, 0.15) is 18.1 Å². The number of benzene rings is 1. The number of aryl methyl sites for hydroxylation is 1. The zero-order chi connectivity index (χ0) is 19.6. The number of nitrogens with zero attached hydrogens (tertiary/aromatic N) is 3. The van der Waals surface area contributed by atoms with E-state index >= 15 is 0 Å². The van der Waals surface area contributed by atoms with Crippen molar-refractivity contribution in [3.05, 3.63) is 32.3 Å². The summed E-state index contributed by atoms with van der Waals surface area (Å²) in [6.45, 7) is 4.79. The number of halogens is 1. The smallest absolute Gasteiger partial charge is 0.319 e. The molecule has 2 rings (SSSR count). The Hall–Kier alpha value is -2.47. The third-order valence-corrected chi connectivity index (χ3v) is 4.46. The predicted molar refractivity (Wildman–Crippen MR) is 96.4 cm³/mol. The van der Waals surface area contributed by atoms with Gasteiger partial charge < -0.3 is 4.74 Å². The van der Waals surface area contributed by atoms with E-state index in [4.69, 9.17) is 10.00 Å². The summed E-state index contributed by atoms with van der Waals surface area (Å²) in [5.74, 6) is -2.31. The Kier molecular flexibility index (Phi) is 5.66. The fourth-order valence-electron chi connectivity index (χ4n) is 2.74. The zero-order valence-electron chi connectivity index (χ0n) is 14.6. The number of nitriles is 1. The van der Waals surface area contributed by atoms with Gasteiger partial charge in [-0.25, -0.2) is 0 Å². The molecule has 1 aromatic rings. The zero-order valence-corrected chi connectivity index (χ0v) is 16.2. The molecule has 1 heterocycles. The highest BCUT2D eigenvalue weighted by Gasteiger charge is 2.38. The van der Waals surface area contributed by atoms with Gasteiger partial charge in [0, 0.05) is 6.07 Å². The van der Waals surface area contributed by atoms with E-state index in [9.17, 15) is 19.7 Å². The van der Waals surface area contributed by atoms with Gasteiger partial charge in [-0.1, -0.05) is 0 Å². The van der Waals surface area contributed by atoms with E-state index in [0.29, 0.717) is 12.0 Å². The van der Waals surface area contributed by atoms with Crippen molar-refractivity contribution in [3.63, 3.8) is 0 Å². The Labute approximate surface area is 159 Å². The minimum atomic E-state index is -1.06. The van der Waals surface area contributed by atoms with Gasteiger partial charge in [0.15, 0.2) is 0 Å². The molecule has 26 heavy (non-hydrogen) atoms. The van der Waals surface area contributed by atoms with E-state index in [0.717, 1.165) is 4.90 Å².